The van der Waals surface area contributed by atoms with Crippen molar-refractivity contribution in [2.75, 3.05) is 20.8 Å². The zero-order valence-corrected chi connectivity index (χ0v) is 14.7. The third kappa shape index (κ3) is 5.44. The van der Waals surface area contributed by atoms with E-state index in [1.54, 1.807) is 42.5 Å². The fraction of sp³-hybridized carbons (Fsp3) is 0.250. The van der Waals surface area contributed by atoms with Gasteiger partial charge in [0.25, 0.3) is 0 Å². The van der Waals surface area contributed by atoms with Gasteiger partial charge in [0.1, 0.15) is 12.4 Å². The van der Waals surface area contributed by atoms with E-state index in [9.17, 15) is 15.0 Å². The van der Waals surface area contributed by atoms with Crippen molar-refractivity contribution in [3.05, 3.63) is 59.9 Å². The predicted octanol–water partition coefficient (Wildman–Crippen LogP) is 3.54. The Morgan fingerprint density at radius 3 is 2.50 bits per heavy atom. The Bertz CT molecular complexity index is 733. The van der Waals surface area contributed by atoms with Gasteiger partial charge in [-0.2, -0.15) is 0 Å². The fourth-order valence-electron chi connectivity index (χ4n) is 2.34. The first kappa shape index (κ1) is 19.2. The molecule has 0 saturated heterocycles. The maximum Gasteiger partial charge on any atom is 0.330 e. The molecule has 0 aliphatic heterocycles. The van der Waals surface area contributed by atoms with Gasteiger partial charge in [0.2, 0.25) is 5.75 Å². The van der Waals surface area contributed by atoms with E-state index in [1.165, 1.54) is 20.3 Å². The monoisotopic (exact) mass is 358 g/mol. The maximum atomic E-state index is 11.7. The highest BCUT2D eigenvalue weighted by Gasteiger charge is 2.10. The number of carbonyl (C=O) groups excluding carboxylic acids is 1. The summed E-state index contributed by atoms with van der Waals surface area (Å²) in [5.74, 6) is 0.399. The highest BCUT2D eigenvalue weighted by molar-refractivity contribution is 5.82. The second kappa shape index (κ2) is 9.36. The van der Waals surface area contributed by atoms with E-state index in [4.69, 9.17) is 14.2 Å². The molecule has 2 rings (SSSR count). The van der Waals surface area contributed by atoms with Crippen molar-refractivity contribution in [1.82, 2.24) is 0 Å². The lowest BCUT2D eigenvalue weighted by Crippen LogP contribution is -2.02. The lowest BCUT2D eigenvalue weighted by atomic mass is 10.00. The number of aliphatic hydroxyl groups excluding tert-OH is 1. The van der Waals surface area contributed by atoms with Crippen molar-refractivity contribution in [2.45, 2.75) is 6.42 Å². The highest BCUT2D eigenvalue weighted by atomic mass is 16.5. The third-order valence-electron chi connectivity index (χ3n) is 3.73. The summed E-state index contributed by atoms with van der Waals surface area (Å²) in [7, 11) is 2.91. The van der Waals surface area contributed by atoms with Crippen molar-refractivity contribution in [1.29, 1.82) is 0 Å². The van der Waals surface area contributed by atoms with E-state index in [1.807, 2.05) is 6.08 Å². The summed E-state index contributed by atoms with van der Waals surface area (Å²) in [5.41, 5.74) is 0.738. The van der Waals surface area contributed by atoms with Crippen LogP contribution in [0.15, 0.2) is 54.3 Å². The molecule has 0 bridgehead atoms. The third-order valence-corrected chi connectivity index (χ3v) is 3.73. The predicted molar refractivity (Wildman–Crippen MR) is 98.3 cm³/mol. The number of phenols is 1. The molecule has 1 aliphatic rings. The lowest BCUT2D eigenvalue weighted by molar-refractivity contribution is -0.136. The summed E-state index contributed by atoms with van der Waals surface area (Å²) in [6, 6.07) is 3.29. The smallest absolute Gasteiger partial charge is 0.330 e. The first-order chi connectivity index (χ1) is 12.5. The Labute approximate surface area is 152 Å². The molecule has 0 radical (unpaired) electrons. The standard InChI is InChI=1S/C20H22O6/c1-24-17-12-15(13-18(25-2)20(17)23)4-3-11-26-19(22)10-7-14-5-8-16(21)9-6-14/h3-5,7-10,12-14,21,23H,6,11H2,1-2H3/b4-3+,10-7+. The van der Waals surface area contributed by atoms with Gasteiger partial charge in [-0.15, -0.1) is 0 Å². The SMILES string of the molecule is COc1cc(/C=C/COC(=O)/C=C/C2C=CC(O)=CC2)cc(OC)c1O. The van der Waals surface area contributed by atoms with Gasteiger partial charge < -0.3 is 24.4 Å². The molecular weight excluding hydrogens is 336 g/mol. The number of benzene rings is 1. The second-order valence-electron chi connectivity index (χ2n) is 5.55. The lowest BCUT2D eigenvalue weighted by Gasteiger charge is -2.09. The van der Waals surface area contributed by atoms with Crippen LogP contribution >= 0.6 is 0 Å². The molecule has 6 nitrogen and oxygen atoms in total. The van der Waals surface area contributed by atoms with Gasteiger partial charge in [0.15, 0.2) is 11.5 Å². The van der Waals surface area contributed by atoms with Gasteiger partial charge in [-0.1, -0.05) is 18.2 Å². The Balaban J connectivity index is 1.85. The molecule has 1 aliphatic carbocycles. The number of hydrogen-bond donors (Lipinski definition) is 2. The zero-order valence-electron chi connectivity index (χ0n) is 14.7. The largest absolute Gasteiger partial charge is 0.508 e. The number of carbonyl (C=O) groups is 1. The van der Waals surface area contributed by atoms with Gasteiger partial charge >= 0.3 is 5.97 Å². The van der Waals surface area contributed by atoms with Crippen molar-refractivity contribution < 1.29 is 29.2 Å². The molecule has 0 aromatic heterocycles. The van der Waals surface area contributed by atoms with Crippen LogP contribution in [-0.4, -0.2) is 37.0 Å². The number of rotatable bonds is 7. The van der Waals surface area contributed by atoms with Crippen LogP contribution in [0.1, 0.15) is 12.0 Å². The first-order valence-electron chi connectivity index (χ1n) is 8.07. The zero-order chi connectivity index (χ0) is 18.9. The topological polar surface area (TPSA) is 85.2 Å². The highest BCUT2D eigenvalue weighted by Crippen LogP contribution is 2.37. The average molecular weight is 358 g/mol. The summed E-state index contributed by atoms with van der Waals surface area (Å²) in [6.07, 6.45) is 12.3. The van der Waals surface area contributed by atoms with Gasteiger partial charge in [-0.05, 0) is 48.3 Å². The van der Waals surface area contributed by atoms with Gasteiger partial charge in [0.05, 0.1) is 14.2 Å². The Morgan fingerprint density at radius 2 is 1.92 bits per heavy atom. The molecule has 0 heterocycles. The van der Waals surface area contributed by atoms with E-state index in [0.29, 0.717) is 17.9 Å². The van der Waals surface area contributed by atoms with Gasteiger partial charge in [0, 0.05) is 6.08 Å². The molecule has 0 saturated carbocycles. The Hall–Kier alpha value is -3.15. The maximum absolute atomic E-state index is 11.7. The van der Waals surface area contributed by atoms with Crippen molar-refractivity contribution >= 4 is 12.0 Å². The number of hydrogen-bond acceptors (Lipinski definition) is 6. The van der Waals surface area contributed by atoms with Gasteiger partial charge in [-0.3, -0.25) is 0 Å². The molecule has 0 fully saturated rings. The second-order valence-corrected chi connectivity index (χ2v) is 5.55. The van der Waals surface area contributed by atoms with Crippen molar-refractivity contribution in [3.8, 4) is 17.2 Å². The van der Waals surface area contributed by atoms with Crippen molar-refractivity contribution in [3.63, 3.8) is 0 Å². The summed E-state index contributed by atoms with van der Waals surface area (Å²) < 4.78 is 15.3. The molecule has 1 atom stereocenters. The minimum absolute atomic E-state index is 0.0661. The minimum atomic E-state index is -0.442. The van der Waals surface area contributed by atoms with Crippen LogP contribution in [0, 0.1) is 5.92 Å². The number of ether oxygens (including phenoxy) is 3. The number of aromatic hydroxyl groups is 1. The summed E-state index contributed by atoms with van der Waals surface area (Å²) in [5, 5.41) is 19.1. The minimum Gasteiger partial charge on any atom is -0.508 e. The number of allylic oxidation sites excluding steroid dienone is 4. The van der Waals surface area contributed by atoms with Crippen LogP contribution in [0.25, 0.3) is 6.08 Å². The number of esters is 1. The van der Waals surface area contributed by atoms with Crippen LogP contribution in [-0.2, 0) is 9.53 Å². The van der Waals surface area contributed by atoms with E-state index < -0.39 is 5.97 Å². The van der Waals surface area contributed by atoms with Crippen LogP contribution in [0.5, 0.6) is 17.2 Å². The number of methoxy groups -OCH3 is 2. The van der Waals surface area contributed by atoms with Crippen LogP contribution in [0.4, 0.5) is 0 Å². The Kier molecular flexibility index (Phi) is 6.91. The number of aliphatic hydroxyl groups is 1. The molecule has 26 heavy (non-hydrogen) atoms. The van der Waals surface area contributed by atoms with Crippen LogP contribution in [0.3, 0.4) is 0 Å². The molecule has 138 valence electrons. The molecule has 1 aromatic rings. The summed E-state index contributed by atoms with van der Waals surface area (Å²) in [6.45, 7) is 0.107. The summed E-state index contributed by atoms with van der Waals surface area (Å²) in [4.78, 5) is 11.7. The average Bonchev–Trinajstić information content (AvgIpc) is 2.65. The van der Waals surface area contributed by atoms with E-state index in [0.717, 1.165) is 5.56 Å². The van der Waals surface area contributed by atoms with E-state index in [-0.39, 0.29) is 24.0 Å². The van der Waals surface area contributed by atoms with E-state index in [2.05, 4.69) is 0 Å². The molecule has 1 unspecified atom stereocenters. The molecule has 1 aromatic carbocycles. The summed E-state index contributed by atoms with van der Waals surface area (Å²) >= 11 is 0. The van der Waals surface area contributed by atoms with Crippen molar-refractivity contribution in [2.24, 2.45) is 5.92 Å². The normalized spacial score (nSPS) is 16.7. The molecule has 6 heteroatoms. The van der Waals surface area contributed by atoms with Crippen LogP contribution in [0.2, 0.25) is 0 Å². The molecule has 0 spiro atoms. The Morgan fingerprint density at radius 1 is 1.23 bits per heavy atom. The first-order valence-corrected chi connectivity index (χ1v) is 8.07. The molecule has 0 amide bonds. The number of phenolic OH excluding ortho intramolecular Hbond substituents is 1. The molecule has 2 N–H and O–H groups in total. The van der Waals surface area contributed by atoms with Gasteiger partial charge in [-0.25, -0.2) is 4.79 Å². The quantitative estimate of drug-likeness (QED) is 0.573. The molecular formula is C20H22O6. The van der Waals surface area contributed by atoms with E-state index >= 15 is 0 Å². The fourth-order valence-corrected chi connectivity index (χ4v) is 2.34. The van der Waals surface area contributed by atoms with Crippen LogP contribution < -0.4 is 9.47 Å².